The molecule has 0 atom stereocenters. The van der Waals surface area contributed by atoms with E-state index in [9.17, 15) is 13.2 Å². The average Bonchev–Trinajstić information content (AvgIpc) is 2.67. The van der Waals surface area contributed by atoms with Crippen molar-refractivity contribution in [3.8, 4) is 0 Å². The number of hydrogen-bond donors (Lipinski definition) is 0. The molecule has 0 unspecified atom stereocenters. The predicted octanol–water partition coefficient (Wildman–Crippen LogP) is 3.67. The first kappa shape index (κ1) is 19.1. The summed E-state index contributed by atoms with van der Waals surface area (Å²) in [5, 5.41) is 0. The molecule has 6 nitrogen and oxygen atoms in total. The molecule has 1 aliphatic heterocycles. The summed E-state index contributed by atoms with van der Waals surface area (Å²) in [6.45, 7) is 1.18. The smallest absolute Gasteiger partial charge is 0.297 e. The van der Waals surface area contributed by atoms with Gasteiger partial charge in [-0.05, 0) is 31.9 Å². The van der Waals surface area contributed by atoms with E-state index < -0.39 is 22.5 Å². The van der Waals surface area contributed by atoms with E-state index in [1.54, 1.807) is 12.1 Å². The van der Waals surface area contributed by atoms with E-state index in [1.807, 2.05) is 19.1 Å². The lowest BCUT2D eigenvalue weighted by molar-refractivity contribution is -0.120. The van der Waals surface area contributed by atoms with E-state index in [0.717, 1.165) is 24.7 Å². The van der Waals surface area contributed by atoms with E-state index in [-0.39, 0.29) is 10.7 Å². The molecule has 3 rings (SSSR count). The van der Waals surface area contributed by atoms with Crippen molar-refractivity contribution in [3.05, 3.63) is 77.7 Å². The summed E-state index contributed by atoms with van der Waals surface area (Å²) in [4.78, 5) is 12.2. The highest BCUT2D eigenvalue weighted by Gasteiger charge is 2.23. The van der Waals surface area contributed by atoms with Gasteiger partial charge in [-0.1, -0.05) is 41.5 Å². The molecule has 1 aliphatic carbocycles. The Kier molecular flexibility index (Phi) is 5.93. The summed E-state index contributed by atoms with van der Waals surface area (Å²) >= 11 is 0. The Morgan fingerprint density at radius 3 is 2.67 bits per heavy atom. The highest BCUT2D eigenvalue weighted by molar-refractivity contribution is 7.86. The first-order valence-electron chi connectivity index (χ1n) is 8.50. The normalized spacial score (nSPS) is 16.6. The summed E-state index contributed by atoms with van der Waals surface area (Å²) in [7, 11) is -4.02. The quantitative estimate of drug-likeness (QED) is 0.663. The largest absolute Gasteiger partial charge is 0.465 e. The molecule has 2 aliphatic rings. The molecule has 142 valence electrons. The van der Waals surface area contributed by atoms with Crippen molar-refractivity contribution in [2.24, 2.45) is 0 Å². The standard InChI is InChI=1S/C20H20O6S/c1-15-7-9-18(10-8-15)27(22,23)25-13-19(21)20-14-24-12-17(26-20)11-16-5-3-2-4-6-16/h2-3,5,7-10,12,14H,4,6,11,13H2,1H3. The van der Waals surface area contributed by atoms with Crippen LogP contribution < -0.4 is 0 Å². The van der Waals surface area contributed by atoms with Gasteiger partial charge in [-0.25, -0.2) is 0 Å². The van der Waals surface area contributed by atoms with Crippen LogP contribution in [0.4, 0.5) is 0 Å². The topological polar surface area (TPSA) is 78.9 Å². The summed E-state index contributed by atoms with van der Waals surface area (Å²) in [6, 6.07) is 6.18. The van der Waals surface area contributed by atoms with Gasteiger partial charge in [-0.2, -0.15) is 8.42 Å². The maximum atomic E-state index is 12.3. The van der Waals surface area contributed by atoms with Crippen LogP contribution >= 0.6 is 0 Å². The number of aryl methyl sites for hydroxylation is 1. The van der Waals surface area contributed by atoms with Crippen LogP contribution in [0.2, 0.25) is 0 Å². The minimum absolute atomic E-state index is 0.00596. The van der Waals surface area contributed by atoms with Crippen molar-refractivity contribution in [1.29, 1.82) is 0 Å². The Bertz CT molecular complexity index is 933. The molecular formula is C20H20O6S. The summed E-state index contributed by atoms with van der Waals surface area (Å²) in [5.74, 6) is -0.212. The third kappa shape index (κ3) is 5.18. The number of Topliss-reactive ketones (excluding diaryl/α,β-unsaturated/α-hetero) is 1. The highest BCUT2D eigenvalue weighted by Crippen LogP contribution is 2.25. The van der Waals surface area contributed by atoms with Gasteiger partial charge in [0.15, 0.2) is 0 Å². The van der Waals surface area contributed by atoms with Crippen molar-refractivity contribution in [1.82, 2.24) is 0 Å². The summed E-state index contributed by atoms with van der Waals surface area (Å²) in [6.07, 6.45) is 11.0. The van der Waals surface area contributed by atoms with Crippen LogP contribution in [0.3, 0.4) is 0 Å². The Morgan fingerprint density at radius 2 is 1.96 bits per heavy atom. The van der Waals surface area contributed by atoms with Gasteiger partial charge in [-0.3, -0.25) is 8.98 Å². The van der Waals surface area contributed by atoms with Gasteiger partial charge in [-0.15, -0.1) is 0 Å². The van der Waals surface area contributed by atoms with Crippen molar-refractivity contribution in [3.63, 3.8) is 0 Å². The van der Waals surface area contributed by atoms with Gasteiger partial charge in [0, 0.05) is 6.42 Å². The van der Waals surface area contributed by atoms with Crippen molar-refractivity contribution in [2.75, 3.05) is 6.61 Å². The van der Waals surface area contributed by atoms with E-state index in [0.29, 0.717) is 12.2 Å². The zero-order valence-electron chi connectivity index (χ0n) is 14.9. The fourth-order valence-corrected chi connectivity index (χ4v) is 3.43. The molecular weight excluding hydrogens is 368 g/mol. The Morgan fingerprint density at radius 1 is 1.19 bits per heavy atom. The van der Waals surface area contributed by atoms with Crippen LogP contribution in [0.5, 0.6) is 0 Å². The fourth-order valence-electron chi connectivity index (χ4n) is 2.56. The molecule has 0 fully saturated rings. The lowest BCUT2D eigenvalue weighted by Gasteiger charge is -2.17. The van der Waals surface area contributed by atoms with Crippen molar-refractivity contribution >= 4 is 15.9 Å². The zero-order valence-corrected chi connectivity index (χ0v) is 15.7. The number of allylic oxidation sites excluding steroid dienone is 4. The molecule has 1 aromatic rings. The summed E-state index contributed by atoms with van der Waals surface area (Å²) < 4.78 is 39.9. The second kappa shape index (κ2) is 8.37. The Balaban J connectivity index is 1.56. The van der Waals surface area contributed by atoms with Crippen LogP contribution in [0.1, 0.15) is 24.8 Å². The molecule has 0 bridgehead atoms. The third-order valence-electron chi connectivity index (χ3n) is 4.05. The minimum Gasteiger partial charge on any atom is -0.465 e. The molecule has 27 heavy (non-hydrogen) atoms. The van der Waals surface area contributed by atoms with Gasteiger partial charge in [0.2, 0.25) is 11.5 Å². The maximum Gasteiger partial charge on any atom is 0.297 e. The van der Waals surface area contributed by atoms with Crippen LogP contribution in [0, 0.1) is 6.92 Å². The Labute approximate surface area is 158 Å². The molecule has 0 spiro atoms. The van der Waals surface area contributed by atoms with Gasteiger partial charge in [0.25, 0.3) is 10.1 Å². The van der Waals surface area contributed by atoms with Crippen LogP contribution in [0.15, 0.2) is 77.0 Å². The van der Waals surface area contributed by atoms with Gasteiger partial charge in [0.1, 0.15) is 24.9 Å². The fraction of sp³-hybridized carbons (Fsp3) is 0.250. The number of carbonyl (C=O) groups is 1. The van der Waals surface area contributed by atoms with Gasteiger partial charge in [0.05, 0.1) is 4.90 Å². The number of hydrogen-bond acceptors (Lipinski definition) is 6. The third-order valence-corrected chi connectivity index (χ3v) is 5.32. The first-order chi connectivity index (χ1) is 12.9. The van der Waals surface area contributed by atoms with Crippen molar-refractivity contribution in [2.45, 2.75) is 31.1 Å². The number of ketones is 1. The lowest BCUT2D eigenvalue weighted by Crippen LogP contribution is -2.19. The van der Waals surface area contributed by atoms with Gasteiger partial charge < -0.3 is 9.47 Å². The molecule has 1 aromatic carbocycles. The molecule has 0 radical (unpaired) electrons. The Hall–Kier alpha value is -2.64. The SMILES string of the molecule is Cc1ccc(S(=O)(=O)OCC(=O)C2=COC=C(CC3=CC=CCC3)O2)cc1. The molecule has 0 aromatic heterocycles. The molecule has 0 saturated carbocycles. The van der Waals surface area contributed by atoms with Gasteiger partial charge >= 0.3 is 0 Å². The first-order valence-corrected chi connectivity index (χ1v) is 9.91. The van der Waals surface area contributed by atoms with E-state index in [4.69, 9.17) is 13.7 Å². The number of rotatable bonds is 7. The average molecular weight is 388 g/mol. The second-order valence-corrected chi connectivity index (χ2v) is 7.84. The maximum absolute atomic E-state index is 12.3. The monoisotopic (exact) mass is 388 g/mol. The molecule has 0 amide bonds. The highest BCUT2D eigenvalue weighted by atomic mass is 32.2. The lowest BCUT2D eigenvalue weighted by atomic mass is 10.0. The minimum atomic E-state index is -4.02. The molecule has 0 N–H and O–H groups in total. The predicted molar refractivity (Wildman–Crippen MR) is 98.7 cm³/mol. The molecule has 1 heterocycles. The second-order valence-electron chi connectivity index (χ2n) is 6.23. The zero-order chi connectivity index (χ0) is 19.3. The van der Waals surface area contributed by atoms with E-state index in [2.05, 4.69) is 6.08 Å². The summed E-state index contributed by atoms with van der Waals surface area (Å²) in [5.41, 5.74) is 2.09. The van der Waals surface area contributed by atoms with E-state index >= 15 is 0 Å². The molecule has 7 heteroatoms. The van der Waals surface area contributed by atoms with Crippen molar-refractivity contribution < 1.29 is 26.9 Å². The van der Waals surface area contributed by atoms with E-state index in [1.165, 1.54) is 24.0 Å². The number of ether oxygens (including phenoxy) is 2. The van der Waals surface area contributed by atoms with Crippen LogP contribution in [0.25, 0.3) is 0 Å². The number of carbonyl (C=O) groups excluding carboxylic acids is 1. The molecule has 0 saturated heterocycles. The van der Waals surface area contributed by atoms with Crippen LogP contribution in [-0.2, 0) is 28.6 Å². The number of benzene rings is 1. The van der Waals surface area contributed by atoms with Crippen LogP contribution in [-0.4, -0.2) is 20.8 Å².